The number of anilines is 1. The molecule has 0 aliphatic rings. The molecule has 1 amide bonds. The quantitative estimate of drug-likeness (QED) is 0.524. The molecule has 3 rings (SSSR count). The van der Waals surface area contributed by atoms with Crippen molar-refractivity contribution < 1.29 is 14.0 Å². The lowest BCUT2D eigenvalue weighted by atomic mass is 10.1. The van der Waals surface area contributed by atoms with Crippen molar-refractivity contribution in [3.63, 3.8) is 0 Å². The molecule has 0 aliphatic carbocycles. The smallest absolute Gasteiger partial charge is 0.277 e. The molecule has 3 aromatic rings. The van der Waals surface area contributed by atoms with E-state index >= 15 is 0 Å². The first-order valence-corrected chi connectivity index (χ1v) is 8.94. The van der Waals surface area contributed by atoms with Gasteiger partial charge in [0, 0.05) is 23.7 Å². The first kappa shape index (κ1) is 17.9. The van der Waals surface area contributed by atoms with E-state index in [1.54, 1.807) is 24.3 Å². The molecular weight excluding hydrogens is 350 g/mol. The molecule has 0 atom stereocenters. The van der Waals surface area contributed by atoms with Crippen LogP contribution in [0, 0.1) is 6.92 Å². The minimum absolute atomic E-state index is 0.0559. The second-order valence-electron chi connectivity index (χ2n) is 5.71. The van der Waals surface area contributed by atoms with Crippen molar-refractivity contribution in [2.24, 2.45) is 0 Å². The number of aryl methyl sites for hydroxylation is 1. The summed E-state index contributed by atoms with van der Waals surface area (Å²) in [5.74, 6) is 0.415. The molecule has 0 spiro atoms. The largest absolute Gasteiger partial charge is 0.411 e. The summed E-state index contributed by atoms with van der Waals surface area (Å²) >= 11 is 1.20. The van der Waals surface area contributed by atoms with Crippen LogP contribution in [0.3, 0.4) is 0 Å². The molecule has 0 fully saturated rings. The summed E-state index contributed by atoms with van der Waals surface area (Å²) in [6.07, 6.45) is 0. The van der Waals surface area contributed by atoms with Crippen molar-refractivity contribution >= 4 is 29.1 Å². The summed E-state index contributed by atoms with van der Waals surface area (Å²) in [7, 11) is 0. The lowest BCUT2D eigenvalue weighted by molar-refractivity contribution is -0.114. The molecule has 1 N–H and O–H groups in total. The zero-order chi connectivity index (χ0) is 18.5. The number of aromatic nitrogens is 2. The van der Waals surface area contributed by atoms with Gasteiger partial charge in [0.05, 0.1) is 5.75 Å². The molecular formula is C19H17N3O3S. The number of benzene rings is 2. The third-order valence-electron chi connectivity index (χ3n) is 3.53. The molecule has 0 saturated heterocycles. The number of Topliss-reactive ketones (excluding diaryl/α,β-unsaturated/α-hetero) is 1. The zero-order valence-electron chi connectivity index (χ0n) is 14.4. The van der Waals surface area contributed by atoms with E-state index in [1.165, 1.54) is 18.7 Å². The average molecular weight is 367 g/mol. The van der Waals surface area contributed by atoms with Gasteiger partial charge in [-0.05, 0) is 43.3 Å². The van der Waals surface area contributed by atoms with Crippen molar-refractivity contribution in [2.45, 2.75) is 19.1 Å². The van der Waals surface area contributed by atoms with Crippen LogP contribution in [0.25, 0.3) is 11.5 Å². The van der Waals surface area contributed by atoms with Crippen molar-refractivity contribution in [3.8, 4) is 11.5 Å². The molecule has 6 nitrogen and oxygen atoms in total. The van der Waals surface area contributed by atoms with Crippen LogP contribution in [0.15, 0.2) is 58.2 Å². The first-order chi connectivity index (χ1) is 12.5. The molecule has 1 heterocycles. The highest BCUT2D eigenvalue weighted by molar-refractivity contribution is 7.99. The van der Waals surface area contributed by atoms with Gasteiger partial charge in [0.15, 0.2) is 5.78 Å². The summed E-state index contributed by atoms with van der Waals surface area (Å²) in [6, 6.07) is 14.5. The maximum absolute atomic E-state index is 12.3. The van der Waals surface area contributed by atoms with Gasteiger partial charge < -0.3 is 9.73 Å². The number of rotatable bonds is 6. The van der Waals surface area contributed by atoms with Gasteiger partial charge in [-0.15, -0.1) is 10.2 Å². The number of ketones is 1. The van der Waals surface area contributed by atoms with Crippen molar-refractivity contribution in [1.82, 2.24) is 10.2 Å². The highest BCUT2D eigenvalue weighted by atomic mass is 32.2. The number of hydrogen-bond acceptors (Lipinski definition) is 6. The van der Waals surface area contributed by atoms with E-state index in [-0.39, 0.29) is 17.4 Å². The SMILES string of the molecule is CC(=O)Nc1ccc(C(=O)CSc2nnc(-c3cccc(C)c3)o2)cc1. The monoisotopic (exact) mass is 367 g/mol. The van der Waals surface area contributed by atoms with E-state index in [0.29, 0.717) is 22.4 Å². The summed E-state index contributed by atoms with van der Waals surface area (Å²) in [5.41, 5.74) is 3.17. The predicted octanol–water partition coefficient (Wildman–Crippen LogP) is 3.98. The Morgan fingerprint density at radius 1 is 1.12 bits per heavy atom. The standard InChI is InChI=1S/C19H17N3O3S/c1-12-4-3-5-15(10-12)18-21-22-19(25-18)26-11-17(24)14-6-8-16(9-7-14)20-13(2)23/h3-10H,11H2,1-2H3,(H,20,23). The molecule has 0 saturated carbocycles. The van der Waals surface area contributed by atoms with Crippen LogP contribution in [-0.2, 0) is 4.79 Å². The second-order valence-corrected chi connectivity index (χ2v) is 6.64. The lowest BCUT2D eigenvalue weighted by Gasteiger charge is -2.03. The van der Waals surface area contributed by atoms with E-state index in [2.05, 4.69) is 15.5 Å². The fourth-order valence-electron chi connectivity index (χ4n) is 2.32. The average Bonchev–Trinajstić information content (AvgIpc) is 3.09. The Morgan fingerprint density at radius 3 is 2.58 bits per heavy atom. The molecule has 132 valence electrons. The topological polar surface area (TPSA) is 85.1 Å². The molecule has 2 aromatic carbocycles. The fraction of sp³-hybridized carbons (Fsp3) is 0.158. The summed E-state index contributed by atoms with van der Waals surface area (Å²) in [4.78, 5) is 23.3. The molecule has 0 radical (unpaired) electrons. The van der Waals surface area contributed by atoms with Crippen LogP contribution in [0.2, 0.25) is 0 Å². The van der Waals surface area contributed by atoms with Crippen molar-refractivity contribution in [2.75, 3.05) is 11.1 Å². The van der Waals surface area contributed by atoms with Crippen LogP contribution in [-0.4, -0.2) is 27.6 Å². The minimum Gasteiger partial charge on any atom is -0.411 e. The van der Waals surface area contributed by atoms with E-state index in [4.69, 9.17) is 4.42 Å². The predicted molar refractivity (Wildman–Crippen MR) is 100 cm³/mol. The Kier molecular flexibility index (Phi) is 5.48. The van der Waals surface area contributed by atoms with E-state index in [1.807, 2.05) is 31.2 Å². The minimum atomic E-state index is -0.152. The molecule has 0 unspecified atom stereocenters. The van der Waals surface area contributed by atoms with E-state index in [9.17, 15) is 9.59 Å². The second kappa shape index (κ2) is 7.97. The van der Waals surface area contributed by atoms with Gasteiger partial charge in [-0.3, -0.25) is 9.59 Å². The van der Waals surface area contributed by atoms with Crippen LogP contribution in [0.4, 0.5) is 5.69 Å². The Hall–Kier alpha value is -2.93. The van der Waals surface area contributed by atoms with Gasteiger partial charge in [0.25, 0.3) is 5.22 Å². The third-order valence-corrected chi connectivity index (χ3v) is 4.34. The van der Waals surface area contributed by atoms with Crippen LogP contribution >= 0.6 is 11.8 Å². The Morgan fingerprint density at radius 2 is 1.88 bits per heavy atom. The number of thioether (sulfide) groups is 1. The lowest BCUT2D eigenvalue weighted by Crippen LogP contribution is -2.07. The van der Waals surface area contributed by atoms with E-state index < -0.39 is 0 Å². The number of nitrogens with zero attached hydrogens (tertiary/aromatic N) is 2. The van der Waals surface area contributed by atoms with Gasteiger partial charge in [0.2, 0.25) is 11.8 Å². The number of amides is 1. The number of nitrogens with one attached hydrogen (secondary N) is 1. The fourth-order valence-corrected chi connectivity index (χ4v) is 2.97. The Labute approximate surface area is 155 Å². The summed E-state index contributed by atoms with van der Waals surface area (Å²) in [5, 5.41) is 11.0. The zero-order valence-corrected chi connectivity index (χ0v) is 15.2. The molecule has 0 bridgehead atoms. The van der Waals surface area contributed by atoms with Crippen molar-refractivity contribution in [3.05, 3.63) is 59.7 Å². The highest BCUT2D eigenvalue weighted by Crippen LogP contribution is 2.24. The molecule has 0 aliphatic heterocycles. The summed E-state index contributed by atoms with van der Waals surface area (Å²) < 4.78 is 5.61. The van der Waals surface area contributed by atoms with Gasteiger partial charge in [-0.25, -0.2) is 0 Å². The van der Waals surface area contributed by atoms with Crippen LogP contribution in [0.1, 0.15) is 22.8 Å². The Bertz CT molecular complexity index is 935. The van der Waals surface area contributed by atoms with Gasteiger partial charge in [0.1, 0.15) is 0 Å². The van der Waals surface area contributed by atoms with E-state index in [0.717, 1.165) is 11.1 Å². The number of carbonyl (C=O) groups excluding carboxylic acids is 2. The van der Waals surface area contributed by atoms with Crippen LogP contribution in [0.5, 0.6) is 0 Å². The number of carbonyl (C=O) groups is 2. The third kappa shape index (κ3) is 4.58. The van der Waals surface area contributed by atoms with Crippen LogP contribution < -0.4 is 5.32 Å². The molecule has 7 heteroatoms. The number of hydrogen-bond donors (Lipinski definition) is 1. The molecule has 1 aromatic heterocycles. The Balaban J connectivity index is 1.60. The maximum atomic E-state index is 12.3. The van der Waals surface area contributed by atoms with Gasteiger partial charge >= 0.3 is 0 Å². The van der Waals surface area contributed by atoms with Gasteiger partial charge in [-0.2, -0.15) is 0 Å². The van der Waals surface area contributed by atoms with Crippen molar-refractivity contribution in [1.29, 1.82) is 0 Å². The first-order valence-electron chi connectivity index (χ1n) is 7.95. The summed E-state index contributed by atoms with van der Waals surface area (Å²) in [6.45, 7) is 3.43. The maximum Gasteiger partial charge on any atom is 0.277 e. The highest BCUT2D eigenvalue weighted by Gasteiger charge is 2.12. The normalized spacial score (nSPS) is 10.5. The van der Waals surface area contributed by atoms with Gasteiger partial charge in [-0.1, -0.05) is 29.5 Å². The molecule has 26 heavy (non-hydrogen) atoms.